The molecule has 3 fully saturated rings. The minimum Gasteiger partial charge on any atom is -0.465 e. The monoisotopic (exact) mass is 720 g/mol. The van der Waals surface area contributed by atoms with E-state index in [4.69, 9.17) is 10.1 Å². The van der Waals surface area contributed by atoms with Gasteiger partial charge in [0.2, 0.25) is 11.8 Å². The molecule has 7 rings (SSSR count). The summed E-state index contributed by atoms with van der Waals surface area (Å²) in [5, 5.41) is 11.3. The summed E-state index contributed by atoms with van der Waals surface area (Å²) in [6.45, 7) is 9.54. The molecule has 0 spiro atoms. The number of nitrogens with one attached hydrogen (secondary N) is 3. The highest BCUT2D eigenvalue weighted by atomic mass is 16.4. The van der Waals surface area contributed by atoms with Crippen LogP contribution in [0.5, 0.6) is 0 Å². The van der Waals surface area contributed by atoms with Gasteiger partial charge in [-0.1, -0.05) is 62.4 Å². The van der Waals surface area contributed by atoms with Gasteiger partial charge < -0.3 is 35.1 Å². The molecule has 3 aliphatic rings. The first-order valence-corrected chi connectivity index (χ1v) is 19.4. The van der Waals surface area contributed by atoms with Gasteiger partial charge in [-0.05, 0) is 93.6 Å². The van der Waals surface area contributed by atoms with Crippen LogP contribution in [0.25, 0.3) is 33.6 Å². The lowest BCUT2D eigenvalue weighted by atomic mass is 9.84. The van der Waals surface area contributed by atoms with Crippen molar-refractivity contribution in [1.29, 1.82) is 0 Å². The standard InChI is InChI=1S/C41H52N8O4/c1-4-47(5-2)32-20-18-31(19-21-32)40(51)49-23-7-9-36(49)38-43-25-34(46-38)30-16-12-28(13-17-30)27-10-14-29(15-11-27)33-24-42-37(45-33)35-8-6-22-48(35)39(50)26(3)44-41(52)53/h10-17,24-26,31-32,35-36,44H,4-9,18-23H2,1-3H3,(H,42,45)(H,43,46)(H,52,53)/t26-,31-,32+,35-,36-/m0/s1. The normalized spacial score (nSPS) is 22.3. The van der Waals surface area contributed by atoms with Crippen LogP contribution in [0.3, 0.4) is 0 Å². The first-order chi connectivity index (χ1) is 25.7. The predicted molar refractivity (Wildman–Crippen MR) is 204 cm³/mol. The minimum atomic E-state index is -1.22. The molecule has 3 amide bonds. The first kappa shape index (κ1) is 36.4. The quantitative estimate of drug-likeness (QED) is 0.130. The van der Waals surface area contributed by atoms with Crippen LogP contribution in [0.4, 0.5) is 4.79 Å². The molecule has 12 nitrogen and oxygen atoms in total. The van der Waals surface area contributed by atoms with E-state index in [1.54, 1.807) is 18.0 Å². The smallest absolute Gasteiger partial charge is 0.405 e. The Morgan fingerprint density at radius 1 is 0.755 bits per heavy atom. The van der Waals surface area contributed by atoms with Gasteiger partial charge in [-0.15, -0.1) is 0 Å². The van der Waals surface area contributed by atoms with E-state index >= 15 is 0 Å². The molecular formula is C41H52N8O4. The highest BCUT2D eigenvalue weighted by Crippen LogP contribution is 2.37. The number of benzene rings is 2. The van der Waals surface area contributed by atoms with Gasteiger partial charge in [-0.3, -0.25) is 9.59 Å². The Bertz CT molecular complexity index is 1870. The van der Waals surface area contributed by atoms with E-state index in [1.165, 1.54) is 0 Å². The van der Waals surface area contributed by atoms with Gasteiger partial charge in [0.1, 0.15) is 17.7 Å². The molecule has 1 aliphatic carbocycles. The van der Waals surface area contributed by atoms with E-state index < -0.39 is 12.1 Å². The van der Waals surface area contributed by atoms with Crippen LogP contribution in [-0.4, -0.2) is 95.9 Å². The third kappa shape index (κ3) is 7.74. The van der Waals surface area contributed by atoms with E-state index in [-0.39, 0.29) is 23.9 Å². The van der Waals surface area contributed by atoms with E-state index in [0.717, 1.165) is 110 Å². The summed E-state index contributed by atoms with van der Waals surface area (Å²) < 4.78 is 0. The molecule has 2 saturated heterocycles. The number of aromatic amines is 2. The maximum atomic E-state index is 13.7. The van der Waals surface area contributed by atoms with E-state index in [2.05, 4.69) is 92.4 Å². The summed E-state index contributed by atoms with van der Waals surface area (Å²) in [7, 11) is 0. The van der Waals surface area contributed by atoms with Crippen LogP contribution in [0.1, 0.15) is 95.9 Å². The number of carboxylic acid groups (broad SMARTS) is 1. The summed E-state index contributed by atoms with van der Waals surface area (Å²) in [5.41, 5.74) is 6.02. The van der Waals surface area contributed by atoms with Gasteiger partial charge in [0.05, 0.1) is 35.9 Å². The molecule has 12 heteroatoms. The average Bonchev–Trinajstić information content (AvgIpc) is 4.02. The highest BCUT2D eigenvalue weighted by Gasteiger charge is 2.38. The summed E-state index contributed by atoms with van der Waals surface area (Å²) >= 11 is 0. The largest absolute Gasteiger partial charge is 0.465 e. The van der Waals surface area contributed by atoms with Crippen molar-refractivity contribution in [1.82, 2.24) is 40.0 Å². The number of hydrogen-bond acceptors (Lipinski definition) is 6. The Morgan fingerprint density at radius 2 is 1.23 bits per heavy atom. The van der Waals surface area contributed by atoms with Crippen LogP contribution >= 0.6 is 0 Å². The number of imidazole rings is 2. The third-order valence-corrected chi connectivity index (χ3v) is 11.7. The van der Waals surface area contributed by atoms with E-state index in [0.29, 0.717) is 24.3 Å². The van der Waals surface area contributed by atoms with Crippen molar-refractivity contribution in [3.05, 3.63) is 72.6 Å². The Kier molecular flexibility index (Phi) is 11.0. The topological polar surface area (TPSA) is 151 Å². The molecule has 2 aromatic carbocycles. The molecule has 1 saturated carbocycles. The molecule has 0 radical (unpaired) electrons. The molecule has 3 atom stereocenters. The molecule has 4 heterocycles. The Balaban J connectivity index is 0.968. The lowest BCUT2D eigenvalue weighted by molar-refractivity contribution is -0.138. The van der Waals surface area contributed by atoms with E-state index in [9.17, 15) is 14.4 Å². The number of carbonyl (C=O) groups is 3. The van der Waals surface area contributed by atoms with Gasteiger partial charge in [0.15, 0.2) is 0 Å². The zero-order chi connectivity index (χ0) is 37.1. The Labute approximate surface area is 311 Å². The lowest BCUT2D eigenvalue weighted by Gasteiger charge is -2.37. The van der Waals surface area contributed by atoms with Gasteiger partial charge in [0, 0.05) is 25.0 Å². The van der Waals surface area contributed by atoms with Crippen molar-refractivity contribution in [3.8, 4) is 33.6 Å². The summed E-state index contributed by atoms with van der Waals surface area (Å²) in [6.07, 6.45) is 10.2. The van der Waals surface area contributed by atoms with Gasteiger partial charge in [0.25, 0.3) is 0 Å². The fraction of sp³-hybridized carbons (Fsp3) is 0.488. The first-order valence-electron chi connectivity index (χ1n) is 19.4. The second-order valence-electron chi connectivity index (χ2n) is 14.8. The predicted octanol–water partition coefficient (Wildman–Crippen LogP) is 7.02. The van der Waals surface area contributed by atoms with Crippen molar-refractivity contribution in [2.45, 2.75) is 96.3 Å². The summed E-state index contributed by atoms with van der Waals surface area (Å²) in [6, 6.07) is 16.3. The van der Waals surface area contributed by atoms with Gasteiger partial charge >= 0.3 is 6.09 Å². The van der Waals surface area contributed by atoms with Crippen LogP contribution in [0.15, 0.2) is 60.9 Å². The summed E-state index contributed by atoms with van der Waals surface area (Å²) in [5.74, 6) is 1.76. The SMILES string of the molecule is CCN(CC)[C@H]1CC[C@@H](C(=O)N2CCC[C@H]2c2ncc(-c3ccc(-c4ccc(-c5cnc([C@@H]6CCCN6C(=O)[C@H](C)NC(=O)O)[nH]5)cc4)cc3)[nH]2)CC1. The Morgan fingerprint density at radius 3 is 1.72 bits per heavy atom. The number of likely N-dealkylation sites (tertiary alicyclic amines) is 2. The molecule has 280 valence electrons. The molecule has 2 aromatic heterocycles. The molecule has 4 aromatic rings. The second-order valence-corrected chi connectivity index (χ2v) is 14.8. The van der Waals surface area contributed by atoms with Crippen LogP contribution in [0.2, 0.25) is 0 Å². The number of aromatic nitrogens is 4. The number of hydrogen-bond donors (Lipinski definition) is 4. The molecule has 0 unspecified atom stereocenters. The van der Waals surface area contributed by atoms with Crippen LogP contribution in [0, 0.1) is 5.92 Å². The maximum absolute atomic E-state index is 13.7. The van der Waals surface area contributed by atoms with Gasteiger partial charge in [-0.2, -0.15) is 0 Å². The molecule has 2 aliphatic heterocycles. The summed E-state index contributed by atoms with van der Waals surface area (Å²) in [4.78, 5) is 60.4. The second kappa shape index (κ2) is 16.0. The van der Waals surface area contributed by atoms with Crippen LogP contribution < -0.4 is 5.32 Å². The van der Waals surface area contributed by atoms with Crippen LogP contribution in [-0.2, 0) is 9.59 Å². The lowest BCUT2D eigenvalue weighted by Crippen LogP contribution is -2.46. The number of carbonyl (C=O) groups excluding carboxylic acids is 2. The number of H-pyrrole nitrogens is 2. The van der Waals surface area contributed by atoms with Crippen molar-refractivity contribution in [3.63, 3.8) is 0 Å². The van der Waals surface area contributed by atoms with Crippen molar-refractivity contribution in [2.24, 2.45) is 5.92 Å². The molecule has 4 N–H and O–H groups in total. The highest BCUT2D eigenvalue weighted by molar-refractivity contribution is 5.85. The number of rotatable bonds is 11. The fourth-order valence-electron chi connectivity index (χ4n) is 8.78. The fourth-order valence-corrected chi connectivity index (χ4v) is 8.78. The van der Waals surface area contributed by atoms with Crippen molar-refractivity contribution >= 4 is 17.9 Å². The van der Waals surface area contributed by atoms with Crippen molar-refractivity contribution < 1.29 is 19.5 Å². The van der Waals surface area contributed by atoms with Crippen molar-refractivity contribution in [2.75, 3.05) is 26.2 Å². The molecule has 53 heavy (non-hydrogen) atoms. The third-order valence-electron chi connectivity index (χ3n) is 11.7. The van der Waals surface area contributed by atoms with Gasteiger partial charge in [-0.25, -0.2) is 14.8 Å². The number of nitrogens with zero attached hydrogens (tertiary/aromatic N) is 5. The van der Waals surface area contributed by atoms with E-state index in [1.807, 2.05) is 6.20 Å². The minimum absolute atomic E-state index is 0.00454. The molecule has 0 bridgehead atoms. The maximum Gasteiger partial charge on any atom is 0.405 e. The average molecular weight is 721 g/mol. The zero-order valence-electron chi connectivity index (χ0n) is 31.1. The molecular weight excluding hydrogens is 669 g/mol. The number of amides is 3. The zero-order valence-corrected chi connectivity index (χ0v) is 31.1. The Hall–Kier alpha value is -4.97.